The molecule has 0 aliphatic carbocycles. The lowest BCUT2D eigenvalue weighted by Crippen LogP contribution is -2.44. The number of likely N-dealkylation sites (tertiary alicyclic amines) is 1. The maximum absolute atomic E-state index is 12.9. The van der Waals surface area contributed by atoms with Crippen LogP contribution in [0, 0.1) is 6.92 Å². The van der Waals surface area contributed by atoms with Crippen LogP contribution < -0.4 is 16.4 Å². The number of nitrogens with zero attached hydrogens (tertiary/aromatic N) is 2. The predicted octanol–water partition coefficient (Wildman–Crippen LogP) is 1.91. The Hall–Kier alpha value is -3.42. The van der Waals surface area contributed by atoms with E-state index in [2.05, 4.69) is 15.6 Å². The van der Waals surface area contributed by atoms with Gasteiger partial charge in [-0.2, -0.15) is 0 Å². The van der Waals surface area contributed by atoms with Gasteiger partial charge in [0.15, 0.2) is 0 Å². The number of nitrogens with two attached hydrogens (primary N) is 1. The van der Waals surface area contributed by atoms with E-state index in [-0.39, 0.29) is 11.9 Å². The van der Waals surface area contributed by atoms with Crippen molar-refractivity contribution in [1.29, 1.82) is 0 Å². The third-order valence-corrected chi connectivity index (χ3v) is 5.53. The van der Waals surface area contributed by atoms with Crippen molar-refractivity contribution < 1.29 is 14.4 Å². The van der Waals surface area contributed by atoms with Crippen LogP contribution in [0.3, 0.4) is 0 Å². The number of benzene rings is 1. The average Bonchev–Trinajstić information content (AvgIpc) is 3.10. The predicted molar refractivity (Wildman–Crippen MR) is 108 cm³/mol. The summed E-state index contributed by atoms with van der Waals surface area (Å²) in [5.41, 5.74) is 9.42. The second kappa shape index (κ2) is 7.54. The monoisotopic (exact) mass is 393 g/mol. The second-order valence-corrected chi connectivity index (χ2v) is 7.49. The van der Waals surface area contributed by atoms with Gasteiger partial charge in [-0.3, -0.25) is 14.4 Å². The molecule has 1 aromatic heterocycles. The van der Waals surface area contributed by atoms with E-state index < -0.39 is 11.8 Å². The third-order valence-electron chi connectivity index (χ3n) is 5.53. The summed E-state index contributed by atoms with van der Waals surface area (Å²) in [5.74, 6) is -0.954. The van der Waals surface area contributed by atoms with E-state index in [0.29, 0.717) is 30.2 Å². The number of amides is 3. The lowest BCUT2D eigenvalue weighted by Gasteiger charge is -2.35. The highest BCUT2D eigenvalue weighted by Crippen LogP contribution is 2.33. The number of fused-ring (bicyclic) bond motifs is 1. The molecular weight excluding hydrogens is 370 g/mol. The molecule has 0 unspecified atom stereocenters. The van der Waals surface area contributed by atoms with Crippen molar-refractivity contribution in [2.45, 2.75) is 38.8 Å². The third kappa shape index (κ3) is 3.65. The molecule has 2 aromatic rings. The Balaban J connectivity index is 1.53. The largest absolute Gasteiger partial charge is 0.383 e. The summed E-state index contributed by atoms with van der Waals surface area (Å²) >= 11 is 0. The quantitative estimate of drug-likeness (QED) is 0.674. The Morgan fingerprint density at radius 2 is 2.10 bits per heavy atom. The number of piperidine rings is 1. The molecule has 0 radical (unpaired) electrons. The van der Waals surface area contributed by atoms with E-state index in [1.807, 2.05) is 12.1 Å². The zero-order valence-corrected chi connectivity index (χ0v) is 16.2. The molecule has 0 spiro atoms. The molecule has 4 N–H and O–H groups in total. The minimum Gasteiger partial charge on any atom is -0.383 e. The maximum Gasteiger partial charge on any atom is 0.313 e. The highest BCUT2D eigenvalue weighted by Gasteiger charge is 2.32. The van der Waals surface area contributed by atoms with Crippen LogP contribution in [-0.4, -0.2) is 34.2 Å². The zero-order valence-electron chi connectivity index (χ0n) is 16.2. The SMILES string of the molecule is Cc1cc(NC(=O)C(=O)N2CCCC[C@H]2c2ccc3c(c2)CNC3=O)cnc1N. The van der Waals surface area contributed by atoms with Gasteiger partial charge in [-0.05, 0) is 55.0 Å². The summed E-state index contributed by atoms with van der Waals surface area (Å²) in [5, 5.41) is 5.43. The van der Waals surface area contributed by atoms with Crippen molar-refractivity contribution in [3.63, 3.8) is 0 Å². The van der Waals surface area contributed by atoms with Gasteiger partial charge >= 0.3 is 11.8 Å². The van der Waals surface area contributed by atoms with Crippen molar-refractivity contribution >= 4 is 29.2 Å². The zero-order chi connectivity index (χ0) is 20.5. The Morgan fingerprint density at radius 1 is 1.28 bits per heavy atom. The number of pyridine rings is 1. The first-order chi connectivity index (χ1) is 13.9. The molecule has 0 saturated carbocycles. The first-order valence-electron chi connectivity index (χ1n) is 9.69. The topological polar surface area (TPSA) is 117 Å². The van der Waals surface area contributed by atoms with Crippen molar-refractivity contribution in [3.05, 3.63) is 52.7 Å². The van der Waals surface area contributed by atoms with E-state index in [0.717, 1.165) is 36.0 Å². The molecule has 0 bridgehead atoms. The van der Waals surface area contributed by atoms with E-state index >= 15 is 0 Å². The van der Waals surface area contributed by atoms with E-state index in [1.54, 1.807) is 24.0 Å². The molecule has 4 rings (SSSR count). The Labute approximate surface area is 168 Å². The number of anilines is 2. The molecule has 1 fully saturated rings. The van der Waals surface area contributed by atoms with Crippen LogP contribution in [0.15, 0.2) is 30.5 Å². The number of hydrogen-bond donors (Lipinski definition) is 3. The van der Waals surface area contributed by atoms with Crippen LogP contribution in [0.4, 0.5) is 11.5 Å². The van der Waals surface area contributed by atoms with Gasteiger partial charge in [0, 0.05) is 18.7 Å². The lowest BCUT2D eigenvalue weighted by molar-refractivity contribution is -0.145. The van der Waals surface area contributed by atoms with Gasteiger partial charge in [0.2, 0.25) is 0 Å². The average molecular weight is 393 g/mol. The fourth-order valence-electron chi connectivity index (χ4n) is 3.95. The van der Waals surface area contributed by atoms with Crippen LogP contribution in [0.5, 0.6) is 0 Å². The molecule has 2 aliphatic heterocycles. The van der Waals surface area contributed by atoms with Gasteiger partial charge in [-0.1, -0.05) is 12.1 Å². The summed E-state index contributed by atoms with van der Waals surface area (Å²) in [6.45, 7) is 2.80. The summed E-state index contributed by atoms with van der Waals surface area (Å²) in [6, 6.07) is 7.15. The van der Waals surface area contributed by atoms with Gasteiger partial charge in [0.05, 0.1) is 17.9 Å². The number of carbonyl (C=O) groups excluding carboxylic acids is 3. The molecular formula is C21H23N5O3. The number of nitrogen functional groups attached to an aromatic ring is 1. The number of carbonyl (C=O) groups is 3. The summed E-state index contributed by atoms with van der Waals surface area (Å²) < 4.78 is 0. The van der Waals surface area contributed by atoms with Crippen molar-refractivity contribution in [1.82, 2.24) is 15.2 Å². The Bertz CT molecular complexity index is 1000. The van der Waals surface area contributed by atoms with Gasteiger partial charge in [-0.15, -0.1) is 0 Å². The van der Waals surface area contributed by atoms with Gasteiger partial charge in [-0.25, -0.2) is 4.98 Å². The highest BCUT2D eigenvalue weighted by molar-refractivity contribution is 6.39. The summed E-state index contributed by atoms with van der Waals surface area (Å²) in [6.07, 6.45) is 4.04. The van der Waals surface area contributed by atoms with Gasteiger partial charge < -0.3 is 21.3 Å². The Kier molecular flexibility index (Phi) is 4.92. The van der Waals surface area contributed by atoms with Crippen LogP contribution in [0.2, 0.25) is 0 Å². The normalized spacial score (nSPS) is 18.2. The van der Waals surface area contributed by atoms with Crippen molar-refractivity contribution in [2.75, 3.05) is 17.6 Å². The molecule has 1 aromatic carbocycles. The van der Waals surface area contributed by atoms with Crippen molar-refractivity contribution in [2.24, 2.45) is 0 Å². The number of rotatable bonds is 2. The lowest BCUT2D eigenvalue weighted by atomic mass is 9.93. The fourth-order valence-corrected chi connectivity index (χ4v) is 3.95. The minimum atomic E-state index is -0.694. The minimum absolute atomic E-state index is 0.0742. The molecule has 8 heteroatoms. The second-order valence-electron chi connectivity index (χ2n) is 7.49. The highest BCUT2D eigenvalue weighted by atomic mass is 16.2. The number of hydrogen-bond acceptors (Lipinski definition) is 5. The van der Waals surface area contributed by atoms with E-state index in [9.17, 15) is 14.4 Å². The van der Waals surface area contributed by atoms with Crippen LogP contribution in [-0.2, 0) is 16.1 Å². The van der Waals surface area contributed by atoms with Crippen LogP contribution >= 0.6 is 0 Å². The Morgan fingerprint density at radius 3 is 2.90 bits per heavy atom. The molecule has 8 nitrogen and oxygen atoms in total. The standard InChI is InChI=1S/C21H23N5O3/c1-12-8-15(11-23-18(12)22)25-20(28)21(29)26-7-3-2-4-17(26)13-5-6-16-14(9-13)10-24-19(16)27/h5-6,8-9,11,17H,2-4,7,10H2,1H3,(H2,22,23)(H,24,27)(H,25,28)/t17-/m0/s1. The molecule has 1 saturated heterocycles. The molecule has 3 heterocycles. The smallest absolute Gasteiger partial charge is 0.313 e. The molecule has 150 valence electrons. The first-order valence-corrected chi connectivity index (χ1v) is 9.69. The molecule has 29 heavy (non-hydrogen) atoms. The van der Waals surface area contributed by atoms with Crippen LogP contribution in [0.25, 0.3) is 0 Å². The van der Waals surface area contributed by atoms with Gasteiger partial charge in [0.25, 0.3) is 5.91 Å². The summed E-state index contributed by atoms with van der Waals surface area (Å²) in [7, 11) is 0. The summed E-state index contributed by atoms with van der Waals surface area (Å²) in [4.78, 5) is 43.0. The maximum atomic E-state index is 12.9. The number of aromatic nitrogens is 1. The van der Waals surface area contributed by atoms with Crippen LogP contribution in [0.1, 0.15) is 52.4 Å². The molecule has 3 amide bonds. The molecule has 2 aliphatic rings. The fraction of sp³-hybridized carbons (Fsp3) is 0.333. The number of aryl methyl sites for hydroxylation is 1. The van der Waals surface area contributed by atoms with Gasteiger partial charge in [0.1, 0.15) is 5.82 Å². The number of nitrogens with one attached hydrogen (secondary N) is 2. The molecule has 1 atom stereocenters. The van der Waals surface area contributed by atoms with E-state index in [1.165, 1.54) is 6.20 Å². The van der Waals surface area contributed by atoms with Crippen molar-refractivity contribution in [3.8, 4) is 0 Å². The van der Waals surface area contributed by atoms with E-state index in [4.69, 9.17) is 5.73 Å². The first kappa shape index (κ1) is 18.9.